The first kappa shape index (κ1) is 15.2. The molecule has 0 N–H and O–H groups in total. The van der Waals surface area contributed by atoms with Gasteiger partial charge in [-0.25, -0.2) is 8.42 Å². The van der Waals surface area contributed by atoms with Gasteiger partial charge in [-0.1, -0.05) is 11.6 Å². The second-order valence-electron chi connectivity index (χ2n) is 4.15. The van der Waals surface area contributed by atoms with Gasteiger partial charge in [0, 0.05) is 30.3 Å². The van der Waals surface area contributed by atoms with Crippen LogP contribution in [0.5, 0.6) is 5.75 Å². The Balaban J connectivity index is 2.00. The van der Waals surface area contributed by atoms with Crippen LogP contribution < -0.4 is 4.74 Å². The highest BCUT2D eigenvalue weighted by Gasteiger charge is 2.12. The molecule has 20 heavy (non-hydrogen) atoms. The fourth-order valence-electron chi connectivity index (χ4n) is 1.63. The van der Waals surface area contributed by atoms with E-state index in [1.807, 2.05) is 13.2 Å². The molecule has 1 aromatic heterocycles. The van der Waals surface area contributed by atoms with Gasteiger partial charge in [-0.3, -0.25) is 4.68 Å². The maximum absolute atomic E-state index is 11.2. The first-order valence-electron chi connectivity index (χ1n) is 5.71. The third-order valence-electron chi connectivity index (χ3n) is 2.59. The number of hydrogen-bond donors (Lipinski definition) is 0. The van der Waals surface area contributed by atoms with Crippen molar-refractivity contribution in [2.45, 2.75) is 11.3 Å². The lowest BCUT2D eigenvalue weighted by Gasteiger charge is -2.08. The van der Waals surface area contributed by atoms with Gasteiger partial charge in [0.25, 0.3) is 9.05 Å². The van der Waals surface area contributed by atoms with Gasteiger partial charge in [0.05, 0.1) is 22.7 Å². The number of nitrogens with zero attached hydrogens (tertiary/aromatic N) is 2. The fourth-order valence-corrected chi connectivity index (χ4v) is 2.71. The van der Waals surface area contributed by atoms with Crippen LogP contribution in [-0.4, -0.2) is 24.8 Å². The van der Waals surface area contributed by atoms with Gasteiger partial charge < -0.3 is 4.74 Å². The van der Waals surface area contributed by atoms with Crippen molar-refractivity contribution in [2.24, 2.45) is 7.05 Å². The van der Waals surface area contributed by atoms with Crippen LogP contribution in [0.4, 0.5) is 0 Å². The minimum Gasteiger partial charge on any atom is -0.492 e. The smallest absolute Gasteiger partial charge is 0.261 e. The van der Waals surface area contributed by atoms with Crippen molar-refractivity contribution in [3.05, 3.63) is 41.2 Å². The van der Waals surface area contributed by atoms with Crippen molar-refractivity contribution < 1.29 is 13.2 Å². The van der Waals surface area contributed by atoms with Crippen molar-refractivity contribution in [3.8, 4) is 5.75 Å². The van der Waals surface area contributed by atoms with Crippen molar-refractivity contribution >= 4 is 31.3 Å². The summed E-state index contributed by atoms with van der Waals surface area (Å²) in [6.45, 7) is 0.415. The average molecular weight is 335 g/mol. The van der Waals surface area contributed by atoms with Crippen molar-refractivity contribution in [2.75, 3.05) is 6.61 Å². The number of benzene rings is 1. The summed E-state index contributed by atoms with van der Waals surface area (Å²) in [5.41, 5.74) is 1.04. The zero-order valence-corrected chi connectivity index (χ0v) is 12.9. The summed E-state index contributed by atoms with van der Waals surface area (Å²) in [6, 6.07) is 4.11. The predicted molar refractivity (Wildman–Crippen MR) is 76.9 cm³/mol. The highest BCUT2D eigenvalue weighted by atomic mass is 35.7. The largest absolute Gasteiger partial charge is 0.492 e. The molecule has 0 fully saturated rings. The summed E-state index contributed by atoms with van der Waals surface area (Å²) >= 11 is 5.96. The molecule has 0 aliphatic carbocycles. The Morgan fingerprint density at radius 3 is 2.70 bits per heavy atom. The van der Waals surface area contributed by atoms with Gasteiger partial charge in [-0.05, 0) is 23.8 Å². The van der Waals surface area contributed by atoms with Crippen LogP contribution in [0.3, 0.4) is 0 Å². The summed E-state index contributed by atoms with van der Waals surface area (Å²) in [7, 11) is 3.29. The maximum Gasteiger partial charge on any atom is 0.261 e. The molecule has 1 aromatic carbocycles. The zero-order valence-electron chi connectivity index (χ0n) is 10.6. The summed E-state index contributed by atoms with van der Waals surface area (Å²) in [6.07, 6.45) is 4.34. The summed E-state index contributed by atoms with van der Waals surface area (Å²) in [4.78, 5) is -0.0521. The SMILES string of the molecule is Cn1cc(CCOc2ccc(S(=O)(=O)Cl)cc2Cl)cn1. The van der Waals surface area contributed by atoms with Crippen LogP contribution in [0.2, 0.25) is 5.02 Å². The minimum absolute atomic E-state index is 0.0521. The van der Waals surface area contributed by atoms with Gasteiger partial charge in [-0.2, -0.15) is 5.10 Å². The molecule has 5 nitrogen and oxygen atoms in total. The van der Waals surface area contributed by atoms with Gasteiger partial charge in [0.1, 0.15) is 5.75 Å². The van der Waals surface area contributed by atoms with E-state index in [4.69, 9.17) is 27.0 Å². The Hall–Kier alpha value is -1.24. The molecular weight excluding hydrogens is 323 g/mol. The molecule has 108 valence electrons. The third kappa shape index (κ3) is 3.88. The number of ether oxygens (including phenoxy) is 1. The Bertz CT molecular complexity index is 713. The molecule has 0 bridgehead atoms. The molecule has 0 saturated heterocycles. The first-order valence-corrected chi connectivity index (χ1v) is 8.39. The van der Waals surface area contributed by atoms with Crippen molar-refractivity contribution in [1.29, 1.82) is 0 Å². The number of aryl methyl sites for hydroxylation is 1. The molecule has 0 atom stereocenters. The average Bonchev–Trinajstić information content (AvgIpc) is 2.76. The van der Waals surface area contributed by atoms with E-state index < -0.39 is 9.05 Å². The molecule has 2 aromatic rings. The molecule has 0 aliphatic rings. The molecule has 0 radical (unpaired) electrons. The summed E-state index contributed by atoms with van der Waals surface area (Å²) < 4.78 is 29.5. The maximum atomic E-state index is 11.2. The fraction of sp³-hybridized carbons (Fsp3) is 0.250. The number of halogens is 2. The zero-order chi connectivity index (χ0) is 14.8. The van der Waals surface area contributed by atoms with Gasteiger partial charge in [0.2, 0.25) is 0 Å². The third-order valence-corrected chi connectivity index (χ3v) is 4.24. The van der Waals surface area contributed by atoms with Crippen LogP contribution in [0.25, 0.3) is 0 Å². The van der Waals surface area contributed by atoms with Gasteiger partial charge in [0.15, 0.2) is 0 Å². The summed E-state index contributed by atoms with van der Waals surface area (Å²) in [5, 5.41) is 4.26. The molecule has 1 heterocycles. The minimum atomic E-state index is -3.78. The van der Waals surface area contributed by atoms with Crippen LogP contribution >= 0.6 is 22.3 Å². The monoisotopic (exact) mass is 334 g/mol. The Labute approximate surface area is 126 Å². The number of aromatic nitrogens is 2. The Morgan fingerprint density at radius 2 is 2.15 bits per heavy atom. The normalized spacial score (nSPS) is 11.6. The lowest BCUT2D eigenvalue weighted by molar-refractivity contribution is 0.322. The number of rotatable bonds is 5. The molecule has 0 unspecified atom stereocenters. The van der Waals surface area contributed by atoms with E-state index in [-0.39, 0.29) is 9.92 Å². The Morgan fingerprint density at radius 1 is 1.40 bits per heavy atom. The molecule has 0 aliphatic heterocycles. The van der Waals surface area contributed by atoms with E-state index in [9.17, 15) is 8.42 Å². The standard InChI is InChI=1S/C12H12Cl2N2O3S/c1-16-8-9(7-15-16)4-5-19-12-3-2-10(6-11(12)13)20(14,17)18/h2-3,6-8H,4-5H2,1H3. The van der Waals surface area contributed by atoms with Crippen molar-refractivity contribution in [1.82, 2.24) is 9.78 Å². The lowest BCUT2D eigenvalue weighted by Crippen LogP contribution is -2.01. The van der Waals surface area contributed by atoms with Crippen LogP contribution in [0, 0.1) is 0 Å². The van der Waals surface area contributed by atoms with Crippen LogP contribution in [-0.2, 0) is 22.5 Å². The quantitative estimate of drug-likeness (QED) is 0.788. The van der Waals surface area contributed by atoms with Crippen molar-refractivity contribution in [3.63, 3.8) is 0 Å². The van der Waals surface area contributed by atoms with Crippen LogP contribution in [0.15, 0.2) is 35.5 Å². The molecule has 0 saturated carbocycles. The topological polar surface area (TPSA) is 61.2 Å². The lowest BCUT2D eigenvalue weighted by atomic mass is 10.3. The van der Waals surface area contributed by atoms with E-state index in [1.165, 1.54) is 18.2 Å². The molecule has 0 amide bonds. The molecule has 2 rings (SSSR count). The second-order valence-corrected chi connectivity index (χ2v) is 7.12. The van der Waals surface area contributed by atoms with E-state index in [1.54, 1.807) is 10.9 Å². The molecular formula is C12H12Cl2N2O3S. The molecule has 8 heteroatoms. The first-order chi connectivity index (χ1) is 9.36. The van der Waals surface area contributed by atoms with Crippen LogP contribution in [0.1, 0.15) is 5.56 Å². The van der Waals surface area contributed by atoms with E-state index in [0.29, 0.717) is 18.8 Å². The highest BCUT2D eigenvalue weighted by Crippen LogP contribution is 2.28. The van der Waals surface area contributed by atoms with Gasteiger partial charge in [-0.15, -0.1) is 0 Å². The van der Waals surface area contributed by atoms with E-state index in [0.717, 1.165) is 5.56 Å². The molecule has 0 spiro atoms. The number of hydrogen-bond acceptors (Lipinski definition) is 4. The Kier molecular flexibility index (Phi) is 4.57. The van der Waals surface area contributed by atoms with Gasteiger partial charge >= 0.3 is 0 Å². The summed E-state index contributed by atoms with van der Waals surface area (Å²) in [5.74, 6) is 0.416. The predicted octanol–water partition coefficient (Wildman–Crippen LogP) is 2.62. The van der Waals surface area contributed by atoms with E-state index in [2.05, 4.69) is 5.10 Å². The van der Waals surface area contributed by atoms with E-state index >= 15 is 0 Å². The highest BCUT2D eigenvalue weighted by molar-refractivity contribution is 8.13. The second kappa shape index (κ2) is 6.03.